The molecule has 0 aromatic heterocycles. The number of halogens is 1. The van der Waals surface area contributed by atoms with E-state index in [0.29, 0.717) is 5.75 Å². The van der Waals surface area contributed by atoms with Crippen molar-refractivity contribution >= 4 is 39.4 Å². The SMILES string of the molecule is CCN(CC)S(=O)(=O)c1ccc(Cl)c(C(=O)OCC(=O)NC(=O)c2ccc(OC)cc2)c1. The van der Waals surface area contributed by atoms with Crippen molar-refractivity contribution in [3.05, 3.63) is 58.6 Å². The van der Waals surface area contributed by atoms with Crippen LogP contribution >= 0.6 is 11.6 Å². The van der Waals surface area contributed by atoms with Gasteiger partial charge in [-0.1, -0.05) is 25.4 Å². The minimum atomic E-state index is -3.82. The number of rotatable bonds is 9. The number of methoxy groups -OCH3 is 1. The highest BCUT2D eigenvalue weighted by Crippen LogP contribution is 2.23. The summed E-state index contributed by atoms with van der Waals surface area (Å²) in [5.41, 5.74) is -0.00277. The molecule has 9 nitrogen and oxygen atoms in total. The molecular formula is C21H23ClN2O7S. The molecule has 0 saturated heterocycles. The van der Waals surface area contributed by atoms with Crippen molar-refractivity contribution in [3.63, 3.8) is 0 Å². The zero-order chi connectivity index (χ0) is 23.9. The van der Waals surface area contributed by atoms with Gasteiger partial charge in [-0.05, 0) is 42.5 Å². The third-order valence-corrected chi connectivity index (χ3v) is 6.82. The summed E-state index contributed by atoms with van der Waals surface area (Å²) in [4.78, 5) is 36.4. The average Bonchev–Trinajstić information content (AvgIpc) is 2.78. The quantitative estimate of drug-likeness (QED) is 0.545. The second kappa shape index (κ2) is 11.1. The van der Waals surface area contributed by atoms with Crippen LogP contribution in [0.4, 0.5) is 0 Å². The Hall–Kier alpha value is -2.95. The Bertz CT molecular complexity index is 1100. The van der Waals surface area contributed by atoms with E-state index in [1.54, 1.807) is 26.0 Å². The van der Waals surface area contributed by atoms with E-state index in [1.165, 1.54) is 35.7 Å². The van der Waals surface area contributed by atoms with E-state index in [4.69, 9.17) is 21.1 Å². The van der Waals surface area contributed by atoms with Gasteiger partial charge >= 0.3 is 5.97 Å². The summed E-state index contributed by atoms with van der Waals surface area (Å²) < 4.78 is 36.5. The normalized spacial score (nSPS) is 11.2. The Morgan fingerprint density at radius 2 is 1.66 bits per heavy atom. The summed E-state index contributed by atoms with van der Waals surface area (Å²) in [7, 11) is -2.34. The molecule has 0 bridgehead atoms. The smallest absolute Gasteiger partial charge is 0.340 e. The molecule has 0 spiro atoms. The number of carbonyl (C=O) groups excluding carboxylic acids is 3. The van der Waals surface area contributed by atoms with E-state index < -0.39 is 34.4 Å². The zero-order valence-electron chi connectivity index (χ0n) is 17.8. The molecule has 0 atom stereocenters. The Kier molecular flexibility index (Phi) is 8.76. The lowest BCUT2D eigenvalue weighted by atomic mass is 10.2. The topological polar surface area (TPSA) is 119 Å². The van der Waals surface area contributed by atoms with E-state index in [9.17, 15) is 22.8 Å². The number of sulfonamides is 1. The number of hydrogen-bond acceptors (Lipinski definition) is 7. The van der Waals surface area contributed by atoms with Crippen molar-refractivity contribution < 1.29 is 32.3 Å². The lowest BCUT2D eigenvalue weighted by molar-refractivity contribution is -0.123. The Morgan fingerprint density at radius 3 is 2.22 bits per heavy atom. The molecule has 172 valence electrons. The molecule has 0 aliphatic rings. The number of hydrogen-bond donors (Lipinski definition) is 1. The molecule has 0 radical (unpaired) electrons. The minimum Gasteiger partial charge on any atom is -0.497 e. The predicted molar refractivity (Wildman–Crippen MR) is 117 cm³/mol. The van der Waals surface area contributed by atoms with Gasteiger partial charge in [0.1, 0.15) is 5.75 Å². The lowest BCUT2D eigenvalue weighted by Crippen LogP contribution is -2.34. The third kappa shape index (κ3) is 6.06. The number of ether oxygens (including phenoxy) is 2. The average molecular weight is 483 g/mol. The summed E-state index contributed by atoms with van der Waals surface area (Å²) in [6.07, 6.45) is 0. The first-order valence-corrected chi connectivity index (χ1v) is 11.4. The van der Waals surface area contributed by atoms with Crippen LogP contribution in [0.15, 0.2) is 47.4 Å². The fourth-order valence-corrected chi connectivity index (χ4v) is 4.40. The van der Waals surface area contributed by atoms with E-state index in [1.807, 2.05) is 0 Å². The van der Waals surface area contributed by atoms with Gasteiger partial charge < -0.3 is 9.47 Å². The van der Waals surface area contributed by atoms with E-state index in [2.05, 4.69) is 5.32 Å². The van der Waals surface area contributed by atoms with Crippen LogP contribution in [0.3, 0.4) is 0 Å². The summed E-state index contributed by atoms with van der Waals surface area (Å²) in [6.45, 7) is 3.13. The first-order valence-electron chi connectivity index (χ1n) is 9.59. The van der Waals surface area contributed by atoms with Gasteiger partial charge in [-0.25, -0.2) is 13.2 Å². The van der Waals surface area contributed by atoms with Crippen LogP contribution < -0.4 is 10.1 Å². The van der Waals surface area contributed by atoms with Gasteiger partial charge in [0.15, 0.2) is 6.61 Å². The van der Waals surface area contributed by atoms with Gasteiger partial charge in [-0.3, -0.25) is 14.9 Å². The number of imide groups is 1. The van der Waals surface area contributed by atoms with Crippen molar-refractivity contribution in [3.8, 4) is 5.75 Å². The fraction of sp³-hybridized carbons (Fsp3) is 0.286. The van der Waals surface area contributed by atoms with Gasteiger partial charge in [-0.2, -0.15) is 4.31 Å². The van der Waals surface area contributed by atoms with Crippen LogP contribution in [0, 0.1) is 0 Å². The molecule has 0 fully saturated rings. The molecule has 0 aliphatic heterocycles. The molecule has 2 aromatic rings. The molecule has 32 heavy (non-hydrogen) atoms. The summed E-state index contributed by atoms with van der Waals surface area (Å²) >= 11 is 6.02. The van der Waals surface area contributed by atoms with Crippen LogP contribution in [0.5, 0.6) is 5.75 Å². The second-order valence-corrected chi connectivity index (χ2v) is 8.76. The maximum absolute atomic E-state index is 12.7. The van der Waals surface area contributed by atoms with Crippen molar-refractivity contribution in [1.82, 2.24) is 9.62 Å². The van der Waals surface area contributed by atoms with Crippen molar-refractivity contribution in [2.75, 3.05) is 26.8 Å². The van der Waals surface area contributed by atoms with Gasteiger partial charge in [-0.15, -0.1) is 0 Å². The number of nitrogens with zero attached hydrogens (tertiary/aromatic N) is 1. The Balaban J connectivity index is 2.05. The first kappa shape index (κ1) is 25.3. The molecule has 1 N–H and O–H groups in total. The van der Waals surface area contributed by atoms with E-state index >= 15 is 0 Å². The third-order valence-electron chi connectivity index (χ3n) is 4.44. The number of esters is 1. The maximum Gasteiger partial charge on any atom is 0.340 e. The van der Waals surface area contributed by atoms with Crippen LogP contribution in [-0.2, 0) is 19.6 Å². The van der Waals surface area contributed by atoms with E-state index in [-0.39, 0.29) is 34.1 Å². The molecule has 0 heterocycles. The summed E-state index contributed by atoms with van der Waals surface area (Å²) in [5.74, 6) is -2.00. The molecule has 0 unspecified atom stereocenters. The Morgan fingerprint density at radius 1 is 1.03 bits per heavy atom. The molecule has 2 rings (SSSR count). The van der Waals surface area contributed by atoms with Gasteiger partial charge in [0, 0.05) is 18.7 Å². The second-order valence-electron chi connectivity index (χ2n) is 6.41. The van der Waals surface area contributed by atoms with Gasteiger partial charge in [0.05, 0.1) is 22.6 Å². The number of amides is 2. The first-order chi connectivity index (χ1) is 15.1. The summed E-state index contributed by atoms with van der Waals surface area (Å²) in [6, 6.07) is 9.69. The van der Waals surface area contributed by atoms with Gasteiger partial charge in [0.2, 0.25) is 10.0 Å². The number of benzene rings is 2. The molecule has 2 amide bonds. The zero-order valence-corrected chi connectivity index (χ0v) is 19.3. The van der Waals surface area contributed by atoms with Gasteiger partial charge in [0.25, 0.3) is 11.8 Å². The van der Waals surface area contributed by atoms with Crippen LogP contribution in [-0.4, -0.2) is 57.3 Å². The summed E-state index contributed by atoms with van der Waals surface area (Å²) in [5, 5.41) is 2.05. The minimum absolute atomic E-state index is 0.0387. The maximum atomic E-state index is 12.7. The predicted octanol–water partition coefficient (Wildman–Crippen LogP) is 2.49. The highest BCUT2D eigenvalue weighted by atomic mass is 35.5. The number of carbonyl (C=O) groups is 3. The largest absolute Gasteiger partial charge is 0.497 e. The van der Waals surface area contributed by atoms with E-state index in [0.717, 1.165) is 6.07 Å². The molecule has 2 aromatic carbocycles. The molecule has 11 heteroatoms. The molecule has 0 saturated carbocycles. The van der Waals surface area contributed by atoms with Crippen molar-refractivity contribution in [2.24, 2.45) is 0 Å². The standard InChI is InChI=1S/C21H23ClN2O7S/c1-4-24(5-2)32(28,29)16-10-11-18(22)17(12-16)21(27)31-13-19(25)23-20(26)14-6-8-15(30-3)9-7-14/h6-12H,4-5,13H2,1-3H3,(H,23,25,26). The lowest BCUT2D eigenvalue weighted by Gasteiger charge is -2.19. The van der Waals surface area contributed by atoms with Crippen LogP contribution in [0.25, 0.3) is 0 Å². The van der Waals surface area contributed by atoms with Crippen molar-refractivity contribution in [2.45, 2.75) is 18.7 Å². The highest BCUT2D eigenvalue weighted by molar-refractivity contribution is 7.89. The van der Waals surface area contributed by atoms with Crippen molar-refractivity contribution in [1.29, 1.82) is 0 Å². The van der Waals surface area contributed by atoms with Crippen LogP contribution in [0.2, 0.25) is 5.02 Å². The number of nitrogens with one attached hydrogen (secondary N) is 1. The molecular weight excluding hydrogens is 460 g/mol. The Labute approximate surface area is 191 Å². The monoisotopic (exact) mass is 482 g/mol. The van der Waals surface area contributed by atoms with Crippen LogP contribution in [0.1, 0.15) is 34.6 Å². The highest BCUT2D eigenvalue weighted by Gasteiger charge is 2.24. The fourth-order valence-electron chi connectivity index (χ4n) is 2.72. The molecule has 0 aliphatic carbocycles.